The lowest BCUT2D eigenvalue weighted by molar-refractivity contribution is 0.263. The summed E-state index contributed by atoms with van der Waals surface area (Å²) in [6.45, 7) is 7.76. The minimum Gasteiger partial charge on any atom is -0.339 e. The van der Waals surface area contributed by atoms with Gasteiger partial charge in [-0.2, -0.15) is 5.10 Å². The molecule has 0 aromatic heterocycles. The Kier molecular flexibility index (Phi) is 3.38. The molecule has 1 atom stereocenters. The summed E-state index contributed by atoms with van der Waals surface area (Å²) in [5, 5.41) is 4.07. The van der Waals surface area contributed by atoms with E-state index in [1.54, 1.807) is 0 Å². The molecule has 1 rings (SSSR count). The Balaban J connectivity index is 2.34. The third kappa shape index (κ3) is 2.40. The molecule has 0 radical (unpaired) electrons. The monoisotopic (exact) mass is 169 g/mol. The van der Waals surface area contributed by atoms with Gasteiger partial charge in [-0.05, 0) is 12.3 Å². The lowest BCUT2D eigenvalue weighted by atomic mass is 10.2. The van der Waals surface area contributed by atoms with Crippen molar-refractivity contribution in [2.45, 2.75) is 39.8 Å². The van der Waals surface area contributed by atoms with Gasteiger partial charge >= 0.3 is 0 Å². The van der Waals surface area contributed by atoms with Crippen LogP contribution in [0.4, 0.5) is 0 Å². The molecule has 0 amide bonds. The Bertz CT molecular complexity index is 154. The van der Waals surface area contributed by atoms with Gasteiger partial charge in [0.25, 0.3) is 0 Å². The van der Waals surface area contributed by atoms with Gasteiger partial charge in [-0.25, -0.2) is 0 Å². The smallest absolute Gasteiger partial charge is 0.116 e. The maximum absolute atomic E-state index is 4.07. The van der Waals surface area contributed by atoms with Crippen LogP contribution in [0.15, 0.2) is 5.10 Å². The molecule has 3 heteroatoms. The molecule has 0 bridgehead atoms. The molecule has 12 heavy (non-hydrogen) atoms. The van der Waals surface area contributed by atoms with Crippen molar-refractivity contribution in [3.05, 3.63) is 0 Å². The van der Waals surface area contributed by atoms with Crippen LogP contribution < -0.4 is 5.43 Å². The second kappa shape index (κ2) is 4.33. The number of rotatable bonds is 4. The van der Waals surface area contributed by atoms with E-state index >= 15 is 0 Å². The van der Waals surface area contributed by atoms with Crippen LogP contribution in [0.2, 0.25) is 0 Å². The quantitative estimate of drug-likeness (QED) is 0.692. The van der Waals surface area contributed by atoms with Crippen LogP contribution in [-0.2, 0) is 0 Å². The van der Waals surface area contributed by atoms with Gasteiger partial charge in [0, 0.05) is 6.54 Å². The van der Waals surface area contributed by atoms with E-state index in [0.29, 0.717) is 12.1 Å². The molecular formula is C9H19N3. The van der Waals surface area contributed by atoms with Gasteiger partial charge < -0.3 is 4.90 Å². The van der Waals surface area contributed by atoms with Crippen LogP contribution in [0.3, 0.4) is 0 Å². The summed E-state index contributed by atoms with van der Waals surface area (Å²) in [6.07, 6.45) is 4.74. The predicted molar refractivity (Wildman–Crippen MR) is 51.9 cm³/mol. The number of hydrogen-bond donors (Lipinski definition) is 1. The van der Waals surface area contributed by atoms with Crippen molar-refractivity contribution < 1.29 is 0 Å². The first-order valence-electron chi connectivity index (χ1n) is 4.78. The fourth-order valence-corrected chi connectivity index (χ4v) is 1.45. The lowest BCUT2D eigenvalue weighted by Gasteiger charge is -2.24. The molecule has 1 aliphatic heterocycles. The SMILES string of the molecule is CCCC1NN=CN1CC(C)C. The topological polar surface area (TPSA) is 27.6 Å². The van der Waals surface area contributed by atoms with Crippen molar-refractivity contribution in [2.75, 3.05) is 6.54 Å². The van der Waals surface area contributed by atoms with E-state index < -0.39 is 0 Å². The lowest BCUT2D eigenvalue weighted by Crippen LogP contribution is -2.38. The summed E-state index contributed by atoms with van der Waals surface area (Å²) < 4.78 is 0. The summed E-state index contributed by atoms with van der Waals surface area (Å²) in [6, 6.07) is 0. The van der Waals surface area contributed by atoms with Gasteiger partial charge in [0.2, 0.25) is 0 Å². The van der Waals surface area contributed by atoms with E-state index in [2.05, 4.69) is 36.2 Å². The van der Waals surface area contributed by atoms with E-state index in [9.17, 15) is 0 Å². The number of hydrogen-bond acceptors (Lipinski definition) is 3. The average molecular weight is 169 g/mol. The Morgan fingerprint density at radius 3 is 2.92 bits per heavy atom. The van der Waals surface area contributed by atoms with E-state index in [4.69, 9.17) is 0 Å². The summed E-state index contributed by atoms with van der Waals surface area (Å²) in [7, 11) is 0. The largest absolute Gasteiger partial charge is 0.339 e. The molecule has 1 unspecified atom stereocenters. The molecule has 0 aromatic carbocycles. The van der Waals surface area contributed by atoms with Crippen molar-refractivity contribution in [1.82, 2.24) is 10.3 Å². The average Bonchev–Trinajstić information content (AvgIpc) is 2.37. The van der Waals surface area contributed by atoms with Gasteiger partial charge in [0.05, 0.1) is 0 Å². The molecule has 0 spiro atoms. The van der Waals surface area contributed by atoms with Crippen LogP contribution in [0.25, 0.3) is 0 Å². The van der Waals surface area contributed by atoms with Gasteiger partial charge in [-0.15, -0.1) is 0 Å². The summed E-state index contributed by atoms with van der Waals surface area (Å²) in [4.78, 5) is 2.29. The van der Waals surface area contributed by atoms with Crippen LogP contribution >= 0.6 is 0 Å². The zero-order valence-corrected chi connectivity index (χ0v) is 8.25. The normalized spacial score (nSPS) is 22.0. The van der Waals surface area contributed by atoms with E-state index in [0.717, 1.165) is 6.54 Å². The van der Waals surface area contributed by atoms with E-state index in [-0.39, 0.29) is 0 Å². The molecule has 0 aromatic rings. The van der Waals surface area contributed by atoms with Crippen molar-refractivity contribution in [3.63, 3.8) is 0 Å². The van der Waals surface area contributed by atoms with Crippen molar-refractivity contribution >= 4 is 6.34 Å². The van der Waals surface area contributed by atoms with Gasteiger partial charge in [-0.1, -0.05) is 27.2 Å². The third-order valence-corrected chi connectivity index (χ3v) is 1.97. The molecule has 1 aliphatic rings. The van der Waals surface area contributed by atoms with Crippen LogP contribution in [-0.4, -0.2) is 23.9 Å². The van der Waals surface area contributed by atoms with E-state index in [1.165, 1.54) is 12.8 Å². The van der Waals surface area contributed by atoms with Crippen LogP contribution in [0, 0.1) is 5.92 Å². The highest BCUT2D eigenvalue weighted by Crippen LogP contribution is 2.09. The third-order valence-electron chi connectivity index (χ3n) is 1.97. The maximum atomic E-state index is 4.07. The first-order valence-corrected chi connectivity index (χ1v) is 4.78. The standard InChI is InChI=1S/C9H19N3/c1-4-5-9-11-10-7-12(9)6-8(2)3/h7-9,11H,4-6H2,1-3H3. The second-order valence-corrected chi connectivity index (χ2v) is 3.77. The summed E-state index contributed by atoms with van der Waals surface area (Å²) in [5.74, 6) is 0.704. The van der Waals surface area contributed by atoms with Gasteiger partial charge in [-0.3, -0.25) is 5.43 Å². The molecule has 70 valence electrons. The summed E-state index contributed by atoms with van der Waals surface area (Å²) in [5.41, 5.74) is 3.11. The number of hydrazone groups is 1. The minimum absolute atomic E-state index is 0.442. The van der Waals surface area contributed by atoms with Crippen molar-refractivity contribution in [3.8, 4) is 0 Å². The number of nitrogens with one attached hydrogen (secondary N) is 1. The maximum Gasteiger partial charge on any atom is 0.116 e. The molecule has 0 aliphatic carbocycles. The Morgan fingerprint density at radius 2 is 2.33 bits per heavy atom. The van der Waals surface area contributed by atoms with Crippen LogP contribution in [0.5, 0.6) is 0 Å². The van der Waals surface area contributed by atoms with E-state index in [1.807, 2.05) is 6.34 Å². The Morgan fingerprint density at radius 1 is 1.58 bits per heavy atom. The zero-order valence-electron chi connectivity index (χ0n) is 8.25. The molecule has 3 nitrogen and oxygen atoms in total. The summed E-state index contributed by atoms with van der Waals surface area (Å²) >= 11 is 0. The minimum atomic E-state index is 0.442. The Hall–Kier alpha value is -0.730. The van der Waals surface area contributed by atoms with Crippen LogP contribution in [0.1, 0.15) is 33.6 Å². The Labute approximate surface area is 74.8 Å². The van der Waals surface area contributed by atoms with Crippen molar-refractivity contribution in [2.24, 2.45) is 11.0 Å². The highest BCUT2D eigenvalue weighted by atomic mass is 15.5. The molecular weight excluding hydrogens is 150 g/mol. The molecule has 0 saturated heterocycles. The molecule has 1 heterocycles. The molecule has 0 saturated carbocycles. The molecule has 0 fully saturated rings. The number of nitrogens with zero attached hydrogens (tertiary/aromatic N) is 2. The highest BCUT2D eigenvalue weighted by Gasteiger charge is 2.18. The predicted octanol–water partition coefficient (Wildman–Crippen LogP) is 1.62. The second-order valence-electron chi connectivity index (χ2n) is 3.77. The highest BCUT2D eigenvalue weighted by molar-refractivity contribution is 5.56. The fourth-order valence-electron chi connectivity index (χ4n) is 1.45. The van der Waals surface area contributed by atoms with Gasteiger partial charge in [0.15, 0.2) is 0 Å². The fraction of sp³-hybridized carbons (Fsp3) is 0.889. The van der Waals surface area contributed by atoms with Gasteiger partial charge in [0.1, 0.15) is 12.5 Å². The first-order chi connectivity index (χ1) is 5.74. The first kappa shape index (κ1) is 9.36. The zero-order chi connectivity index (χ0) is 8.97. The molecule has 1 N–H and O–H groups in total. The van der Waals surface area contributed by atoms with Crippen molar-refractivity contribution in [1.29, 1.82) is 0 Å².